The molecule has 154 valence electrons. The van der Waals surface area contributed by atoms with Gasteiger partial charge in [0.25, 0.3) is 11.2 Å². The number of H-pyrrole nitrogens is 1. The molecule has 2 N–H and O–H groups in total. The lowest BCUT2D eigenvalue weighted by molar-refractivity contribution is -0.384. The Morgan fingerprint density at radius 3 is 2.94 bits per heavy atom. The second-order valence-corrected chi connectivity index (χ2v) is 7.94. The smallest absolute Gasteiger partial charge is 0.270 e. The van der Waals surface area contributed by atoms with Crippen molar-refractivity contribution in [3.8, 4) is 17.5 Å². The number of benzene rings is 1. The summed E-state index contributed by atoms with van der Waals surface area (Å²) in [5, 5.41) is 23.1. The van der Waals surface area contributed by atoms with E-state index in [-0.39, 0.29) is 33.6 Å². The third kappa shape index (κ3) is 4.29. The van der Waals surface area contributed by atoms with Crippen LogP contribution in [0.5, 0.6) is 0 Å². The predicted molar refractivity (Wildman–Crippen MR) is 113 cm³/mol. The van der Waals surface area contributed by atoms with E-state index in [0.29, 0.717) is 15.3 Å². The van der Waals surface area contributed by atoms with Crippen molar-refractivity contribution < 1.29 is 14.1 Å². The van der Waals surface area contributed by atoms with Gasteiger partial charge in [0.1, 0.15) is 17.3 Å². The minimum Gasteiger partial charge on any atom is -0.463 e. The van der Waals surface area contributed by atoms with Crippen LogP contribution in [0.25, 0.3) is 21.7 Å². The van der Waals surface area contributed by atoms with E-state index in [1.54, 1.807) is 18.2 Å². The molecule has 4 aromatic rings. The maximum atomic E-state index is 12.3. The number of fused-ring (bicyclic) bond motifs is 1. The Morgan fingerprint density at radius 2 is 2.23 bits per heavy atom. The molecule has 13 heteroatoms. The van der Waals surface area contributed by atoms with Gasteiger partial charge in [-0.1, -0.05) is 23.1 Å². The standard InChI is InChI=1S/C18H10N6O5S2/c19-7-10-15(12-2-1-5-29-12)22-17(23-16(10)26)30-8-14(25)21-18-20-11-4-3-9(24(27)28)6-13(11)31-18/h1-6H,8H2,(H,20,21,25)(H,22,23,26). The lowest BCUT2D eigenvalue weighted by atomic mass is 10.2. The lowest BCUT2D eigenvalue weighted by Gasteiger charge is -2.04. The molecule has 0 aliphatic heterocycles. The first-order chi connectivity index (χ1) is 14.9. The van der Waals surface area contributed by atoms with Crippen molar-refractivity contribution in [2.75, 3.05) is 11.1 Å². The summed E-state index contributed by atoms with van der Waals surface area (Å²) in [4.78, 5) is 45.7. The lowest BCUT2D eigenvalue weighted by Crippen LogP contribution is -2.17. The number of rotatable bonds is 6. The van der Waals surface area contributed by atoms with Crippen molar-refractivity contribution in [1.82, 2.24) is 15.0 Å². The van der Waals surface area contributed by atoms with E-state index in [2.05, 4.69) is 20.3 Å². The first-order valence-corrected chi connectivity index (χ1v) is 10.3. The van der Waals surface area contributed by atoms with Crippen molar-refractivity contribution in [2.45, 2.75) is 5.16 Å². The number of carbonyl (C=O) groups excluding carboxylic acids is 1. The highest BCUT2D eigenvalue weighted by Gasteiger charge is 2.17. The molecule has 0 radical (unpaired) electrons. The molecule has 0 bridgehead atoms. The molecule has 31 heavy (non-hydrogen) atoms. The Morgan fingerprint density at radius 1 is 1.39 bits per heavy atom. The topological polar surface area (TPSA) is 168 Å². The number of hydrogen-bond donors (Lipinski definition) is 2. The van der Waals surface area contributed by atoms with E-state index in [0.717, 1.165) is 23.1 Å². The van der Waals surface area contributed by atoms with Gasteiger partial charge in [0.05, 0.1) is 27.2 Å². The van der Waals surface area contributed by atoms with E-state index in [9.17, 15) is 25.0 Å². The van der Waals surface area contributed by atoms with E-state index in [4.69, 9.17) is 4.42 Å². The number of carbonyl (C=O) groups is 1. The number of thioether (sulfide) groups is 1. The summed E-state index contributed by atoms with van der Waals surface area (Å²) in [5.41, 5.74) is -0.272. The molecule has 4 rings (SSSR count). The SMILES string of the molecule is N#Cc1c(-c2ccco2)nc(SCC(=O)Nc2nc3ccc([N+](=O)[O-])cc3s2)[nH]c1=O. The average molecular weight is 454 g/mol. The van der Waals surface area contributed by atoms with Crippen LogP contribution in [0.3, 0.4) is 0 Å². The molecule has 1 amide bonds. The Bertz CT molecular complexity index is 1400. The van der Waals surface area contributed by atoms with Crippen molar-refractivity contribution in [1.29, 1.82) is 5.26 Å². The number of nitro benzene ring substituents is 1. The molecule has 3 aromatic heterocycles. The van der Waals surface area contributed by atoms with Crippen LogP contribution in [-0.2, 0) is 4.79 Å². The minimum atomic E-state index is -0.639. The summed E-state index contributed by atoms with van der Waals surface area (Å²) in [6.45, 7) is 0. The highest BCUT2D eigenvalue weighted by Crippen LogP contribution is 2.29. The second-order valence-electron chi connectivity index (χ2n) is 5.95. The third-order valence-electron chi connectivity index (χ3n) is 3.93. The van der Waals surface area contributed by atoms with Gasteiger partial charge in [-0.2, -0.15) is 5.26 Å². The van der Waals surface area contributed by atoms with Crippen molar-refractivity contribution >= 4 is 50.0 Å². The number of nitro groups is 1. The highest BCUT2D eigenvalue weighted by atomic mass is 32.2. The van der Waals surface area contributed by atoms with Gasteiger partial charge in [-0.3, -0.25) is 19.7 Å². The quantitative estimate of drug-likeness (QED) is 0.192. The zero-order valence-electron chi connectivity index (χ0n) is 15.3. The molecule has 0 fully saturated rings. The molecule has 0 saturated heterocycles. The molecule has 11 nitrogen and oxygen atoms in total. The molecule has 0 unspecified atom stereocenters. The van der Waals surface area contributed by atoms with E-state index >= 15 is 0 Å². The average Bonchev–Trinajstić information content (AvgIpc) is 3.40. The number of amides is 1. The number of non-ortho nitro benzene ring substituents is 1. The number of aromatic nitrogens is 3. The molecular formula is C18H10N6O5S2. The maximum absolute atomic E-state index is 12.3. The van der Waals surface area contributed by atoms with Gasteiger partial charge in [-0.05, 0) is 18.2 Å². The maximum Gasteiger partial charge on any atom is 0.270 e. The number of furan rings is 1. The molecule has 0 atom stereocenters. The first-order valence-electron chi connectivity index (χ1n) is 8.50. The number of aromatic amines is 1. The second kappa shape index (κ2) is 8.38. The van der Waals surface area contributed by atoms with Crippen LogP contribution in [0.2, 0.25) is 0 Å². The largest absolute Gasteiger partial charge is 0.463 e. The van der Waals surface area contributed by atoms with Gasteiger partial charge < -0.3 is 14.7 Å². The fourth-order valence-corrected chi connectivity index (χ4v) is 4.16. The number of nitrogens with zero attached hydrogens (tertiary/aromatic N) is 4. The summed E-state index contributed by atoms with van der Waals surface area (Å²) in [5.74, 6) is -0.245. The predicted octanol–water partition coefficient (Wildman–Crippen LogP) is 3.15. The molecule has 3 heterocycles. The Labute approximate surface area is 180 Å². The number of nitrogens with one attached hydrogen (secondary N) is 2. The highest BCUT2D eigenvalue weighted by molar-refractivity contribution is 7.99. The fourth-order valence-electron chi connectivity index (χ4n) is 2.59. The van der Waals surface area contributed by atoms with E-state index in [1.807, 2.05) is 0 Å². The van der Waals surface area contributed by atoms with Crippen LogP contribution < -0.4 is 10.9 Å². The Hall–Kier alpha value is -4.02. The summed E-state index contributed by atoms with van der Waals surface area (Å²) < 4.78 is 5.79. The van der Waals surface area contributed by atoms with Crippen LogP contribution in [0.4, 0.5) is 10.8 Å². The van der Waals surface area contributed by atoms with Gasteiger partial charge in [-0.15, -0.1) is 0 Å². The zero-order valence-corrected chi connectivity index (χ0v) is 17.0. The monoisotopic (exact) mass is 454 g/mol. The number of hydrogen-bond acceptors (Lipinski definition) is 10. The first kappa shape index (κ1) is 20.3. The zero-order chi connectivity index (χ0) is 22.0. The van der Waals surface area contributed by atoms with E-state index in [1.165, 1.54) is 24.5 Å². The fraction of sp³-hybridized carbons (Fsp3) is 0.0556. The summed E-state index contributed by atoms with van der Waals surface area (Å²) in [7, 11) is 0. The van der Waals surface area contributed by atoms with Gasteiger partial charge in [0.15, 0.2) is 16.0 Å². The Kier molecular flexibility index (Phi) is 5.48. The van der Waals surface area contributed by atoms with Crippen LogP contribution in [0, 0.1) is 21.4 Å². The third-order valence-corrected chi connectivity index (χ3v) is 5.74. The molecule has 1 aromatic carbocycles. The summed E-state index contributed by atoms with van der Waals surface area (Å²) >= 11 is 2.07. The van der Waals surface area contributed by atoms with Gasteiger partial charge in [0, 0.05) is 12.1 Å². The van der Waals surface area contributed by atoms with Gasteiger partial charge >= 0.3 is 0 Å². The number of anilines is 1. The molecular weight excluding hydrogens is 444 g/mol. The van der Waals surface area contributed by atoms with E-state index < -0.39 is 16.4 Å². The number of thiazole rings is 1. The van der Waals surface area contributed by atoms with Gasteiger partial charge in [0.2, 0.25) is 5.91 Å². The van der Waals surface area contributed by atoms with Crippen LogP contribution in [0.15, 0.2) is 51.0 Å². The summed E-state index contributed by atoms with van der Waals surface area (Å²) in [6, 6.07) is 9.21. The molecule has 0 aliphatic carbocycles. The van der Waals surface area contributed by atoms with Crippen molar-refractivity contribution in [3.05, 3.63) is 62.6 Å². The molecule has 0 aliphatic rings. The molecule has 0 spiro atoms. The molecule has 0 saturated carbocycles. The summed E-state index contributed by atoms with van der Waals surface area (Å²) in [6.07, 6.45) is 1.40. The normalized spacial score (nSPS) is 10.7. The Balaban J connectivity index is 1.48. The van der Waals surface area contributed by atoms with Crippen LogP contribution in [0.1, 0.15) is 5.56 Å². The number of nitriles is 1. The van der Waals surface area contributed by atoms with Crippen LogP contribution in [-0.4, -0.2) is 31.5 Å². The van der Waals surface area contributed by atoms with Gasteiger partial charge in [-0.25, -0.2) is 9.97 Å². The van der Waals surface area contributed by atoms with Crippen LogP contribution >= 0.6 is 23.1 Å². The van der Waals surface area contributed by atoms with Crippen molar-refractivity contribution in [3.63, 3.8) is 0 Å². The minimum absolute atomic E-state index is 0.0622. The van der Waals surface area contributed by atoms with Crippen molar-refractivity contribution in [2.24, 2.45) is 0 Å².